The average Bonchev–Trinajstić information content (AvgIpc) is 3.17. The standard InChI is InChI=1S/C22H18FN3O6S/c1-33-17-3-9-11(5-24-18(28)7-27)12-6-26-16(19(12)25-15(9)4-14(17)23)2-10-13(21(26)30)8-32-22(31)20(10)29/h2-4,20,27,29H,5-8H2,1H3,(H,24,28)/t20-/m0/s1. The van der Waals surface area contributed by atoms with Gasteiger partial charge < -0.3 is 24.8 Å². The quantitative estimate of drug-likeness (QED) is 0.297. The van der Waals surface area contributed by atoms with Gasteiger partial charge in [0.25, 0.3) is 5.56 Å². The van der Waals surface area contributed by atoms with E-state index in [1.54, 1.807) is 12.3 Å². The van der Waals surface area contributed by atoms with Crippen LogP contribution < -0.4 is 10.9 Å². The molecule has 2 aliphatic heterocycles. The highest BCUT2D eigenvalue weighted by molar-refractivity contribution is 7.98. The van der Waals surface area contributed by atoms with E-state index in [-0.39, 0.29) is 30.8 Å². The second-order valence-electron chi connectivity index (χ2n) is 7.72. The fourth-order valence-corrected chi connectivity index (χ4v) is 4.80. The van der Waals surface area contributed by atoms with Crippen LogP contribution in [-0.4, -0.2) is 44.5 Å². The minimum atomic E-state index is -1.58. The van der Waals surface area contributed by atoms with E-state index in [0.29, 0.717) is 38.3 Å². The van der Waals surface area contributed by atoms with Crippen LogP contribution in [0.4, 0.5) is 4.39 Å². The summed E-state index contributed by atoms with van der Waals surface area (Å²) in [6.45, 7) is -0.751. The van der Waals surface area contributed by atoms with E-state index in [1.807, 2.05) is 0 Å². The summed E-state index contributed by atoms with van der Waals surface area (Å²) in [4.78, 5) is 41.7. The average molecular weight is 471 g/mol. The highest BCUT2D eigenvalue weighted by atomic mass is 32.2. The van der Waals surface area contributed by atoms with Crippen LogP contribution in [0.5, 0.6) is 0 Å². The zero-order chi connectivity index (χ0) is 23.4. The number of aromatic nitrogens is 2. The molecule has 0 unspecified atom stereocenters. The molecular formula is C22H18FN3O6S. The normalized spacial score (nSPS) is 16.2. The van der Waals surface area contributed by atoms with Gasteiger partial charge in [0.05, 0.1) is 29.0 Å². The maximum absolute atomic E-state index is 14.5. The molecular weight excluding hydrogens is 453 g/mol. The molecule has 0 aliphatic carbocycles. The van der Waals surface area contributed by atoms with Crippen molar-refractivity contribution in [3.8, 4) is 11.4 Å². The van der Waals surface area contributed by atoms with E-state index in [0.717, 1.165) is 0 Å². The summed E-state index contributed by atoms with van der Waals surface area (Å²) < 4.78 is 20.9. The van der Waals surface area contributed by atoms with Gasteiger partial charge in [-0.05, 0) is 24.0 Å². The fourth-order valence-electron chi connectivity index (χ4n) is 4.31. The van der Waals surface area contributed by atoms with E-state index in [2.05, 4.69) is 10.3 Å². The van der Waals surface area contributed by atoms with Crippen molar-refractivity contribution in [2.24, 2.45) is 0 Å². The van der Waals surface area contributed by atoms with Gasteiger partial charge in [0.2, 0.25) is 5.91 Å². The predicted molar refractivity (Wildman–Crippen MR) is 116 cm³/mol. The molecule has 33 heavy (non-hydrogen) atoms. The van der Waals surface area contributed by atoms with E-state index in [9.17, 15) is 23.9 Å². The number of fused-ring (bicyclic) bond motifs is 5. The first-order valence-corrected chi connectivity index (χ1v) is 11.2. The monoisotopic (exact) mass is 471 g/mol. The summed E-state index contributed by atoms with van der Waals surface area (Å²) in [5.41, 5.74) is 2.34. The molecule has 0 spiro atoms. The highest BCUT2D eigenvalue weighted by Crippen LogP contribution is 2.39. The number of nitrogens with zero attached hydrogens (tertiary/aromatic N) is 2. The van der Waals surface area contributed by atoms with Crippen molar-refractivity contribution in [3.05, 3.63) is 56.6 Å². The summed E-state index contributed by atoms with van der Waals surface area (Å²) in [5, 5.41) is 22.6. The number of ether oxygens (including phenoxy) is 1. The van der Waals surface area contributed by atoms with Gasteiger partial charge in [-0.1, -0.05) is 0 Å². The van der Waals surface area contributed by atoms with Gasteiger partial charge in [0, 0.05) is 34.0 Å². The number of carbonyl (C=O) groups is 2. The van der Waals surface area contributed by atoms with Crippen LogP contribution in [-0.2, 0) is 34.0 Å². The number of cyclic esters (lactones) is 1. The number of esters is 1. The summed E-state index contributed by atoms with van der Waals surface area (Å²) in [6, 6.07) is 4.48. The lowest BCUT2D eigenvalue weighted by Gasteiger charge is -2.21. The molecule has 3 aromatic rings. The largest absolute Gasteiger partial charge is 0.458 e. The Morgan fingerprint density at radius 1 is 1.33 bits per heavy atom. The summed E-state index contributed by atoms with van der Waals surface area (Å²) >= 11 is 1.23. The number of hydrogen-bond donors (Lipinski definition) is 3. The highest BCUT2D eigenvalue weighted by Gasteiger charge is 2.34. The summed E-state index contributed by atoms with van der Waals surface area (Å²) in [7, 11) is 0. The van der Waals surface area contributed by atoms with Crippen molar-refractivity contribution >= 4 is 34.5 Å². The summed E-state index contributed by atoms with van der Waals surface area (Å²) in [6.07, 6.45) is 0.161. The molecule has 170 valence electrons. The van der Waals surface area contributed by atoms with Gasteiger partial charge in [-0.15, -0.1) is 11.8 Å². The minimum Gasteiger partial charge on any atom is -0.458 e. The van der Waals surface area contributed by atoms with Gasteiger partial charge in [-0.2, -0.15) is 0 Å². The zero-order valence-corrected chi connectivity index (χ0v) is 18.2. The number of aliphatic hydroxyl groups excluding tert-OH is 2. The molecule has 4 heterocycles. The number of thioether (sulfide) groups is 1. The molecule has 0 bridgehead atoms. The molecule has 0 saturated heterocycles. The lowest BCUT2D eigenvalue weighted by Crippen LogP contribution is -2.32. The second kappa shape index (κ2) is 7.94. The molecule has 0 radical (unpaired) electrons. The number of nitrogens with one attached hydrogen (secondary N) is 1. The van der Waals surface area contributed by atoms with Crippen molar-refractivity contribution in [2.45, 2.75) is 30.7 Å². The van der Waals surface area contributed by atoms with Gasteiger partial charge in [-0.25, -0.2) is 14.2 Å². The molecule has 0 fully saturated rings. The number of hydrogen-bond acceptors (Lipinski definition) is 8. The molecule has 1 amide bonds. The molecule has 5 rings (SSSR count). The SMILES string of the molecule is CSc1cc2c(CNC(=O)CO)c3c(nc2cc1F)-c1cc2c(c(=O)n1C3)COC(=O)[C@H]2O. The lowest BCUT2D eigenvalue weighted by atomic mass is 9.98. The Hall–Kier alpha value is -3.28. The molecule has 1 aromatic carbocycles. The van der Waals surface area contributed by atoms with Crippen molar-refractivity contribution in [2.75, 3.05) is 12.9 Å². The predicted octanol–water partition coefficient (Wildman–Crippen LogP) is 0.985. The fraction of sp³-hybridized carbons (Fsp3) is 0.273. The van der Waals surface area contributed by atoms with E-state index in [4.69, 9.17) is 9.84 Å². The third-order valence-corrected chi connectivity index (χ3v) is 6.71. The Kier molecular flexibility index (Phi) is 5.19. The smallest absolute Gasteiger partial charge is 0.340 e. The van der Waals surface area contributed by atoms with Crippen molar-refractivity contribution in [3.63, 3.8) is 0 Å². The van der Waals surface area contributed by atoms with Crippen LogP contribution in [0.1, 0.15) is 28.4 Å². The van der Waals surface area contributed by atoms with Crippen LogP contribution in [0.2, 0.25) is 0 Å². The van der Waals surface area contributed by atoms with Crippen LogP contribution >= 0.6 is 11.8 Å². The maximum Gasteiger partial charge on any atom is 0.340 e. The van der Waals surface area contributed by atoms with Gasteiger partial charge in [-0.3, -0.25) is 9.59 Å². The van der Waals surface area contributed by atoms with Crippen LogP contribution in [0.3, 0.4) is 0 Å². The van der Waals surface area contributed by atoms with Crippen molar-refractivity contribution < 1.29 is 28.9 Å². The number of pyridine rings is 2. The first-order valence-electron chi connectivity index (χ1n) is 10.0. The summed E-state index contributed by atoms with van der Waals surface area (Å²) in [5.74, 6) is -1.87. The molecule has 0 saturated carbocycles. The van der Waals surface area contributed by atoms with Gasteiger partial charge in [0.1, 0.15) is 19.0 Å². The molecule has 9 nitrogen and oxygen atoms in total. The van der Waals surface area contributed by atoms with Crippen molar-refractivity contribution in [1.29, 1.82) is 0 Å². The molecule has 2 aromatic heterocycles. The number of amides is 1. The second-order valence-corrected chi connectivity index (χ2v) is 8.57. The Labute approximate surface area is 190 Å². The maximum atomic E-state index is 14.5. The van der Waals surface area contributed by atoms with E-state index >= 15 is 0 Å². The molecule has 2 aliphatic rings. The Morgan fingerprint density at radius 3 is 2.85 bits per heavy atom. The van der Waals surface area contributed by atoms with Gasteiger partial charge in [0.15, 0.2) is 6.10 Å². The third kappa shape index (κ3) is 3.31. The number of rotatable bonds is 4. The van der Waals surface area contributed by atoms with Gasteiger partial charge >= 0.3 is 5.97 Å². The van der Waals surface area contributed by atoms with E-state index < -0.39 is 36.0 Å². The van der Waals surface area contributed by atoms with E-state index in [1.165, 1.54) is 28.5 Å². The number of carbonyl (C=O) groups excluding carboxylic acids is 2. The third-order valence-electron chi connectivity index (χ3n) is 5.95. The molecule has 11 heteroatoms. The Morgan fingerprint density at radius 2 is 2.12 bits per heavy atom. The lowest BCUT2D eigenvalue weighted by molar-refractivity contribution is -0.157. The molecule has 1 atom stereocenters. The topological polar surface area (TPSA) is 131 Å². The number of halogens is 1. The van der Waals surface area contributed by atoms with Crippen LogP contribution in [0.25, 0.3) is 22.3 Å². The van der Waals surface area contributed by atoms with Crippen molar-refractivity contribution in [1.82, 2.24) is 14.9 Å². The first kappa shape index (κ1) is 21.6. The minimum absolute atomic E-state index is 0.0346. The Balaban J connectivity index is 1.76. The van der Waals surface area contributed by atoms with Crippen LogP contribution in [0.15, 0.2) is 27.9 Å². The number of aliphatic hydroxyl groups is 2. The van der Waals surface area contributed by atoms with Crippen LogP contribution in [0, 0.1) is 5.82 Å². The zero-order valence-electron chi connectivity index (χ0n) is 17.3. The number of benzene rings is 1. The molecule has 3 N–H and O–H groups in total. The first-order chi connectivity index (χ1) is 15.8. The Bertz CT molecular complexity index is 1420.